The van der Waals surface area contributed by atoms with E-state index in [0.29, 0.717) is 22.7 Å². The first-order chi connectivity index (χ1) is 13.1. The fraction of sp³-hybridized carbons (Fsp3) is 0.211. The van der Waals surface area contributed by atoms with E-state index in [-0.39, 0.29) is 25.5 Å². The van der Waals surface area contributed by atoms with Crippen LogP contribution in [0.2, 0.25) is 0 Å². The molecule has 140 valence electrons. The van der Waals surface area contributed by atoms with Crippen molar-refractivity contribution < 1.29 is 28.6 Å². The van der Waals surface area contributed by atoms with Gasteiger partial charge >= 0.3 is 5.97 Å². The lowest BCUT2D eigenvalue weighted by Crippen LogP contribution is -2.33. The zero-order valence-corrected chi connectivity index (χ0v) is 14.6. The van der Waals surface area contributed by atoms with Crippen LogP contribution in [0.15, 0.2) is 42.5 Å². The third-order valence-electron chi connectivity index (χ3n) is 3.74. The van der Waals surface area contributed by atoms with Gasteiger partial charge in [0.15, 0.2) is 11.5 Å². The molecule has 8 nitrogen and oxygen atoms in total. The molecule has 2 N–H and O–H groups in total. The number of para-hydroxylation sites is 1. The van der Waals surface area contributed by atoms with Crippen molar-refractivity contribution in [2.45, 2.75) is 6.92 Å². The monoisotopic (exact) mass is 370 g/mol. The lowest BCUT2D eigenvalue weighted by atomic mass is 10.1. The number of benzene rings is 2. The molecule has 0 atom stereocenters. The van der Waals surface area contributed by atoms with Gasteiger partial charge in [0.05, 0.1) is 24.4 Å². The molecule has 2 aromatic carbocycles. The quantitative estimate of drug-likeness (QED) is 0.754. The van der Waals surface area contributed by atoms with Gasteiger partial charge in [-0.15, -0.1) is 0 Å². The molecule has 0 unspecified atom stereocenters. The Hall–Kier alpha value is -3.55. The van der Waals surface area contributed by atoms with Gasteiger partial charge in [-0.1, -0.05) is 12.1 Å². The van der Waals surface area contributed by atoms with Crippen molar-refractivity contribution in [3.05, 3.63) is 53.6 Å². The Bertz CT molecular complexity index is 880. The molecule has 0 bridgehead atoms. The molecule has 2 aromatic rings. The molecule has 8 heteroatoms. The van der Waals surface area contributed by atoms with Crippen LogP contribution in [0, 0.1) is 0 Å². The Morgan fingerprint density at radius 3 is 2.67 bits per heavy atom. The van der Waals surface area contributed by atoms with Crippen LogP contribution in [0.25, 0.3) is 0 Å². The molecule has 1 aliphatic rings. The van der Waals surface area contributed by atoms with Gasteiger partial charge < -0.3 is 24.8 Å². The molecule has 0 saturated carbocycles. The Balaban J connectivity index is 1.59. The SMILES string of the molecule is CCOC(=O)c1ccccc1NC(=O)CNC(=O)c1ccc2c(c1)OCO2. The average Bonchev–Trinajstić information content (AvgIpc) is 3.14. The van der Waals surface area contributed by atoms with Crippen molar-refractivity contribution in [1.82, 2.24) is 5.32 Å². The zero-order valence-electron chi connectivity index (χ0n) is 14.6. The van der Waals surface area contributed by atoms with E-state index in [1.807, 2.05) is 0 Å². The van der Waals surface area contributed by atoms with Gasteiger partial charge in [-0.3, -0.25) is 9.59 Å². The first-order valence-corrected chi connectivity index (χ1v) is 8.32. The topological polar surface area (TPSA) is 103 Å². The summed E-state index contributed by atoms with van der Waals surface area (Å²) in [6.45, 7) is 1.78. The van der Waals surface area contributed by atoms with Gasteiger partial charge in [-0.05, 0) is 37.3 Å². The number of hydrogen-bond donors (Lipinski definition) is 2. The minimum atomic E-state index is -0.530. The number of rotatable bonds is 6. The third-order valence-corrected chi connectivity index (χ3v) is 3.74. The summed E-state index contributed by atoms with van der Waals surface area (Å²) in [6.07, 6.45) is 0. The molecule has 3 rings (SSSR count). The summed E-state index contributed by atoms with van der Waals surface area (Å²) in [5.74, 6) is -0.379. The van der Waals surface area contributed by atoms with Gasteiger partial charge in [0.1, 0.15) is 0 Å². The van der Waals surface area contributed by atoms with Crippen LogP contribution in [0.1, 0.15) is 27.6 Å². The Morgan fingerprint density at radius 1 is 1.07 bits per heavy atom. The minimum Gasteiger partial charge on any atom is -0.462 e. The van der Waals surface area contributed by atoms with Gasteiger partial charge in [-0.25, -0.2) is 4.79 Å². The first-order valence-electron chi connectivity index (χ1n) is 8.32. The molecule has 0 aliphatic carbocycles. The van der Waals surface area contributed by atoms with Crippen molar-refractivity contribution in [2.24, 2.45) is 0 Å². The molecule has 0 fully saturated rings. The van der Waals surface area contributed by atoms with E-state index in [1.54, 1.807) is 49.4 Å². The number of hydrogen-bond acceptors (Lipinski definition) is 6. The average molecular weight is 370 g/mol. The summed E-state index contributed by atoms with van der Waals surface area (Å²) in [4.78, 5) is 36.3. The molecular formula is C19H18N2O6. The van der Waals surface area contributed by atoms with E-state index >= 15 is 0 Å². The van der Waals surface area contributed by atoms with Crippen LogP contribution in [-0.2, 0) is 9.53 Å². The van der Waals surface area contributed by atoms with E-state index in [9.17, 15) is 14.4 Å². The summed E-state index contributed by atoms with van der Waals surface area (Å²) >= 11 is 0. The number of amides is 2. The van der Waals surface area contributed by atoms with Crippen LogP contribution in [0.3, 0.4) is 0 Å². The van der Waals surface area contributed by atoms with E-state index < -0.39 is 17.8 Å². The molecule has 1 aliphatic heterocycles. The molecular weight excluding hydrogens is 352 g/mol. The van der Waals surface area contributed by atoms with Crippen LogP contribution in [-0.4, -0.2) is 37.7 Å². The number of anilines is 1. The summed E-state index contributed by atoms with van der Waals surface area (Å²) in [5.41, 5.74) is 0.909. The van der Waals surface area contributed by atoms with E-state index in [0.717, 1.165) is 0 Å². The summed E-state index contributed by atoms with van der Waals surface area (Å²) in [5, 5.41) is 5.12. The van der Waals surface area contributed by atoms with E-state index in [2.05, 4.69) is 10.6 Å². The Morgan fingerprint density at radius 2 is 1.85 bits per heavy atom. The number of nitrogens with one attached hydrogen (secondary N) is 2. The fourth-order valence-corrected chi connectivity index (χ4v) is 2.47. The smallest absolute Gasteiger partial charge is 0.340 e. The number of ether oxygens (including phenoxy) is 3. The standard InChI is InChI=1S/C19H18N2O6/c1-2-25-19(24)13-5-3-4-6-14(13)21-17(22)10-20-18(23)12-7-8-15-16(9-12)27-11-26-15/h3-9H,2,10-11H2,1H3,(H,20,23)(H,21,22). The third kappa shape index (κ3) is 4.35. The van der Waals surface area contributed by atoms with Gasteiger partial charge in [-0.2, -0.15) is 0 Å². The maximum Gasteiger partial charge on any atom is 0.340 e. The summed E-state index contributed by atoms with van der Waals surface area (Å²) in [7, 11) is 0. The second-order valence-corrected chi connectivity index (χ2v) is 5.56. The highest BCUT2D eigenvalue weighted by Crippen LogP contribution is 2.32. The van der Waals surface area contributed by atoms with Crippen molar-refractivity contribution >= 4 is 23.5 Å². The second kappa shape index (κ2) is 8.22. The summed E-state index contributed by atoms with van der Waals surface area (Å²) in [6, 6.07) is 11.3. The Labute approximate surface area is 155 Å². The van der Waals surface area contributed by atoms with Crippen LogP contribution in [0.5, 0.6) is 11.5 Å². The zero-order chi connectivity index (χ0) is 19.2. The number of carbonyl (C=O) groups is 3. The lowest BCUT2D eigenvalue weighted by molar-refractivity contribution is -0.115. The summed E-state index contributed by atoms with van der Waals surface area (Å²) < 4.78 is 15.4. The molecule has 0 aromatic heterocycles. The van der Waals surface area contributed by atoms with Crippen LogP contribution < -0.4 is 20.1 Å². The fourth-order valence-electron chi connectivity index (χ4n) is 2.47. The second-order valence-electron chi connectivity index (χ2n) is 5.56. The molecule has 0 radical (unpaired) electrons. The van der Waals surface area contributed by atoms with Gasteiger partial charge in [0.2, 0.25) is 12.7 Å². The maximum atomic E-state index is 12.2. The molecule has 0 saturated heterocycles. The molecule has 0 spiro atoms. The van der Waals surface area contributed by atoms with E-state index in [4.69, 9.17) is 14.2 Å². The highest BCUT2D eigenvalue weighted by atomic mass is 16.7. The molecule has 2 amide bonds. The normalized spacial score (nSPS) is 11.6. The van der Waals surface area contributed by atoms with Crippen molar-refractivity contribution in [3.8, 4) is 11.5 Å². The molecule has 1 heterocycles. The van der Waals surface area contributed by atoms with E-state index in [1.165, 1.54) is 0 Å². The van der Waals surface area contributed by atoms with Crippen molar-refractivity contribution in [3.63, 3.8) is 0 Å². The number of carbonyl (C=O) groups excluding carboxylic acids is 3. The first kappa shape index (κ1) is 18.2. The lowest BCUT2D eigenvalue weighted by Gasteiger charge is -2.11. The predicted molar refractivity (Wildman–Crippen MR) is 95.9 cm³/mol. The molecule has 27 heavy (non-hydrogen) atoms. The maximum absolute atomic E-state index is 12.2. The van der Waals surface area contributed by atoms with Crippen LogP contribution >= 0.6 is 0 Å². The number of fused-ring (bicyclic) bond motifs is 1. The number of esters is 1. The highest BCUT2D eigenvalue weighted by molar-refractivity contribution is 6.03. The van der Waals surface area contributed by atoms with Crippen LogP contribution in [0.4, 0.5) is 5.69 Å². The van der Waals surface area contributed by atoms with Gasteiger partial charge in [0, 0.05) is 5.56 Å². The largest absolute Gasteiger partial charge is 0.462 e. The predicted octanol–water partition coefficient (Wildman–Crippen LogP) is 1.96. The minimum absolute atomic E-state index is 0.114. The van der Waals surface area contributed by atoms with Gasteiger partial charge in [0.25, 0.3) is 5.91 Å². The van der Waals surface area contributed by atoms with Crippen molar-refractivity contribution in [2.75, 3.05) is 25.3 Å². The van der Waals surface area contributed by atoms with Crippen molar-refractivity contribution in [1.29, 1.82) is 0 Å². The highest BCUT2D eigenvalue weighted by Gasteiger charge is 2.17. The Kier molecular flexibility index (Phi) is 5.55.